The molecule has 0 atom stereocenters. The van der Waals surface area contributed by atoms with Crippen molar-refractivity contribution >= 4 is 60.0 Å². The number of nitrogens with zero attached hydrogens (tertiary/aromatic N) is 3. The van der Waals surface area contributed by atoms with E-state index >= 15 is 0 Å². The summed E-state index contributed by atoms with van der Waals surface area (Å²) in [6.07, 6.45) is 4.32. The minimum Gasteiger partial charge on any atom is -0.456 e. The van der Waals surface area contributed by atoms with Crippen LogP contribution in [0.3, 0.4) is 0 Å². The van der Waals surface area contributed by atoms with Crippen molar-refractivity contribution in [2.45, 2.75) is 77.0 Å². The molecule has 5 aromatic heterocycles. The lowest BCUT2D eigenvalue weighted by molar-refractivity contribution is 0.510. The van der Waals surface area contributed by atoms with E-state index in [9.17, 15) is 0 Å². The van der Waals surface area contributed by atoms with Gasteiger partial charge in [-0.15, -0.1) is 0 Å². The largest absolute Gasteiger partial charge is 0.456 e. The summed E-state index contributed by atoms with van der Waals surface area (Å²) < 4.78 is 8.98. The number of hydrogen-bond acceptors (Lipinski definition) is 3. The van der Waals surface area contributed by atoms with Crippen LogP contribution >= 0.6 is 0 Å². The smallest absolute Gasteiger partial charge is 0.136 e. The molecule has 0 aliphatic heterocycles. The number of rotatable bonds is 1. The maximum Gasteiger partial charge on any atom is 0.136 e. The van der Waals surface area contributed by atoms with Gasteiger partial charge in [0.1, 0.15) is 11.2 Å². The van der Waals surface area contributed by atoms with Crippen molar-refractivity contribution in [1.82, 2.24) is 14.4 Å². The van der Waals surface area contributed by atoms with Gasteiger partial charge in [-0.1, -0.05) is 134 Å². The molecule has 0 N–H and O–H groups in total. The Balaban J connectivity index is 1.31. The van der Waals surface area contributed by atoms with Gasteiger partial charge in [-0.05, 0) is 68.8 Å². The van der Waals surface area contributed by atoms with Gasteiger partial charge in [0.05, 0.1) is 40.3 Å². The Hall–Kier alpha value is -6.00. The summed E-state index contributed by atoms with van der Waals surface area (Å²) in [5.74, 6) is 0. The lowest BCUT2D eigenvalue weighted by atomic mass is 9.61. The van der Waals surface area contributed by atoms with E-state index in [4.69, 9.17) is 14.4 Å². The van der Waals surface area contributed by atoms with Gasteiger partial charge in [0.25, 0.3) is 0 Å². The molecule has 0 radical (unpaired) electrons. The molecule has 0 bridgehead atoms. The van der Waals surface area contributed by atoms with Crippen molar-refractivity contribution in [2.24, 2.45) is 0 Å². The van der Waals surface area contributed by atoms with Gasteiger partial charge >= 0.3 is 0 Å². The Kier molecular flexibility index (Phi) is 5.79. The van der Waals surface area contributed by atoms with Crippen molar-refractivity contribution in [3.63, 3.8) is 0 Å². The van der Waals surface area contributed by atoms with Gasteiger partial charge < -0.3 is 8.82 Å². The number of para-hydroxylation sites is 1. The van der Waals surface area contributed by atoms with Crippen molar-refractivity contribution in [2.75, 3.05) is 0 Å². The van der Waals surface area contributed by atoms with E-state index in [1.54, 1.807) is 0 Å². The van der Waals surface area contributed by atoms with E-state index in [1.807, 2.05) is 0 Å². The monoisotopic (exact) mass is 725 g/mol. The summed E-state index contributed by atoms with van der Waals surface area (Å²) in [7, 11) is 0. The molecule has 12 rings (SSSR count). The molecule has 0 saturated carbocycles. The van der Waals surface area contributed by atoms with Crippen LogP contribution in [-0.2, 0) is 21.7 Å². The fourth-order valence-electron chi connectivity index (χ4n) is 11.5. The van der Waals surface area contributed by atoms with Crippen molar-refractivity contribution in [1.29, 1.82) is 0 Å². The first-order chi connectivity index (χ1) is 26.8. The second-order valence-electron chi connectivity index (χ2n) is 18.6. The minimum atomic E-state index is -0.282. The zero-order valence-corrected chi connectivity index (χ0v) is 33.2. The van der Waals surface area contributed by atoms with Crippen LogP contribution in [0.15, 0.2) is 120 Å². The standard InChI is InChI=1S/C52H43N3O/c1-49(2)33-18-10-12-20-35(33)51(5,6)47-44(49)42-31-24-28(29-17-15-23-40-41(29)30-16-9-14-22-39(30)56-40)25-32-43-38(55(46(31)32)37(42)26-53-47)27-54-48-45(43)50(3,4)34-19-11-13-21-36(34)52(48,7)8/h9-27H,1-8H3. The third kappa shape index (κ3) is 3.63. The van der Waals surface area contributed by atoms with Crippen LogP contribution in [0, 0.1) is 0 Å². The molecular weight excluding hydrogens is 683 g/mol. The highest BCUT2D eigenvalue weighted by atomic mass is 16.3. The zero-order valence-electron chi connectivity index (χ0n) is 33.2. The predicted molar refractivity (Wildman–Crippen MR) is 231 cm³/mol. The highest BCUT2D eigenvalue weighted by Gasteiger charge is 2.47. The molecular formula is C52H43N3O. The van der Waals surface area contributed by atoms with Gasteiger partial charge in [-0.25, -0.2) is 0 Å². The van der Waals surface area contributed by atoms with Gasteiger partial charge in [0, 0.05) is 54.0 Å². The second kappa shape index (κ2) is 10.0. The number of hydrogen-bond donors (Lipinski definition) is 0. The maximum atomic E-state index is 6.48. The van der Waals surface area contributed by atoms with Crippen LogP contribution in [0.1, 0.15) is 100 Å². The number of pyridine rings is 2. The van der Waals surface area contributed by atoms with Crippen LogP contribution in [0.2, 0.25) is 0 Å². The molecule has 2 aliphatic carbocycles. The minimum absolute atomic E-state index is 0.266. The lowest BCUT2D eigenvalue weighted by Gasteiger charge is -2.43. The van der Waals surface area contributed by atoms with Gasteiger partial charge in [-0.2, -0.15) is 0 Å². The third-order valence-electron chi connectivity index (χ3n) is 14.2. The van der Waals surface area contributed by atoms with Crippen molar-refractivity contribution in [3.8, 4) is 11.1 Å². The van der Waals surface area contributed by atoms with Crippen LogP contribution in [0.25, 0.3) is 71.2 Å². The van der Waals surface area contributed by atoms with Crippen LogP contribution < -0.4 is 0 Å². The highest BCUT2D eigenvalue weighted by Crippen LogP contribution is 2.57. The molecule has 4 heteroatoms. The third-order valence-corrected chi connectivity index (χ3v) is 14.2. The number of furan rings is 1. The fraction of sp³-hybridized carbons (Fsp3) is 0.231. The summed E-state index contributed by atoms with van der Waals surface area (Å²) in [6, 6.07) is 37.9. The SMILES string of the molecule is CC1(C)c2ccccc2C(C)(C)c2c1ncc1c2c2cc(-c3cccc4oc5ccccc5c34)cc3c4c5c(ncc4n1c23)C(C)(C)c1ccccc1C5(C)C. The molecule has 0 unspecified atom stereocenters. The van der Waals surface area contributed by atoms with Crippen LogP contribution in [0.4, 0.5) is 0 Å². The number of fused-ring (bicyclic) bond motifs is 15. The molecule has 0 spiro atoms. The zero-order chi connectivity index (χ0) is 38.3. The Labute approximate surface area is 326 Å². The molecule has 0 amide bonds. The van der Waals surface area contributed by atoms with Crippen LogP contribution in [-0.4, -0.2) is 14.4 Å². The quantitative estimate of drug-likeness (QED) is 0.169. The molecule has 5 aromatic carbocycles. The summed E-state index contributed by atoms with van der Waals surface area (Å²) >= 11 is 0. The molecule has 4 nitrogen and oxygen atoms in total. The molecule has 0 fully saturated rings. The maximum absolute atomic E-state index is 6.48. The van der Waals surface area contributed by atoms with E-state index in [0.29, 0.717) is 0 Å². The number of aromatic nitrogens is 3. The Bertz CT molecular complexity index is 3210. The van der Waals surface area contributed by atoms with Crippen LogP contribution in [0.5, 0.6) is 0 Å². The molecule has 2 aliphatic rings. The first-order valence-electron chi connectivity index (χ1n) is 20.0. The average molecular weight is 726 g/mol. The fourth-order valence-corrected chi connectivity index (χ4v) is 11.5. The van der Waals surface area contributed by atoms with Crippen molar-refractivity contribution in [3.05, 3.63) is 160 Å². The summed E-state index contributed by atoms with van der Waals surface area (Å²) in [6.45, 7) is 19.0. The number of benzene rings is 5. The molecule has 56 heavy (non-hydrogen) atoms. The van der Waals surface area contributed by atoms with E-state index in [0.717, 1.165) is 44.4 Å². The summed E-state index contributed by atoms with van der Waals surface area (Å²) in [4.78, 5) is 10.9. The molecule has 272 valence electrons. The highest BCUT2D eigenvalue weighted by molar-refractivity contribution is 6.27. The topological polar surface area (TPSA) is 43.3 Å². The van der Waals surface area contributed by atoms with Gasteiger partial charge in [-0.3, -0.25) is 9.97 Å². The Morgan fingerprint density at radius 1 is 0.464 bits per heavy atom. The molecule has 0 saturated heterocycles. The van der Waals surface area contributed by atoms with Gasteiger partial charge in [0.2, 0.25) is 0 Å². The van der Waals surface area contributed by atoms with E-state index in [1.165, 1.54) is 71.6 Å². The predicted octanol–water partition coefficient (Wildman–Crippen LogP) is 13.1. The van der Waals surface area contributed by atoms with E-state index < -0.39 is 0 Å². The Morgan fingerprint density at radius 2 is 0.929 bits per heavy atom. The Morgan fingerprint density at radius 3 is 1.46 bits per heavy atom. The lowest BCUT2D eigenvalue weighted by Crippen LogP contribution is -2.37. The summed E-state index contributed by atoms with van der Waals surface area (Å²) in [5, 5.41) is 7.40. The van der Waals surface area contributed by atoms with Crippen molar-refractivity contribution < 1.29 is 4.42 Å². The van der Waals surface area contributed by atoms with E-state index in [-0.39, 0.29) is 21.7 Å². The van der Waals surface area contributed by atoms with E-state index in [2.05, 4.69) is 175 Å². The van der Waals surface area contributed by atoms with Gasteiger partial charge in [0.15, 0.2) is 0 Å². The normalized spacial score (nSPS) is 17.5. The average Bonchev–Trinajstić information content (AvgIpc) is 3.86. The molecule has 5 heterocycles. The summed E-state index contributed by atoms with van der Waals surface area (Å²) in [5.41, 5.74) is 17.0. The second-order valence-corrected chi connectivity index (χ2v) is 18.6. The molecule has 10 aromatic rings. The first kappa shape index (κ1) is 32.3. The first-order valence-corrected chi connectivity index (χ1v) is 20.0.